The Morgan fingerprint density at radius 1 is 1.03 bits per heavy atom. The highest BCUT2D eigenvalue weighted by atomic mass is 16.2. The standard InChI is InChI=1S/C25H37N3O/c1-24(2)16-22-17-25(3,19-24)20-28(22)23(29)18-27-14-12-26(13-15-27)11-7-10-21-8-5-4-6-9-21/h4-10,22H,11-20H2,1-3H3. The van der Waals surface area contributed by atoms with Crippen LogP contribution in [0.1, 0.15) is 45.6 Å². The van der Waals surface area contributed by atoms with Crippen LogP contribution in [0.5, 0.6) is 0 Å². The lowest BCUT2D eigenvalue weighted by Crippen LogP contribution is -2.50. The van der Waals surface area contributed by atoms with E-state index in [1.807, 2.05) is 6.07 Å². The normalized spacial score (nSPS) is 30.2. The minimum Gasteiger partial charge on any atom is -0.338 e. The van der Waals surface area contributed by atoms with Crippen LogP contribution in [0.3, 0.4) is 0 Å². The molecule has 3 aliphatic rings. The van der Waals surface area contributed by atoms with Crippen LogP contribution in [-0.4, -0.2) is 72.5 Å². The van der Waals surface area contributed by atoms with Gasteiger partial charge in [0, 0.05) is 45.3 Å². The summed E-state index contributed by atoms with van der Waals surface area (Å²) in [5.41, 5.74) is 1.95. The molecule has 0 radical (unpaired) electrons. The van der Waals surface area contributed by atoms with E-state index in [-0.39, 0.29) is 0 Å². The van der Waals surface area contributed by atoms with Gasteiger partial charge in [-0.15, -0.1) is 0 Å². The van der Waals surface area contributed by atoms with Gasteiger partial charge in [0.25, 0.3) is 0 Å². The van der Waals surface area contributed by atoms with Gasteiger partial charge in [0.05, 0.1) is 6.54 Å². The number of nitrogens with zero attached hydrogens (tertiary/aromatic N) is 3. The summed E-state index contributed by atoms with van der Waals surface area (Å²) < 4.78 is 0. The van der Waals surface area contributed by atoms with Crippen LogP contribution in [0.15, 0.2) is 36.4 Å². The first-order valence-corrected chi connectivity index (χ1v) is 11.3. The maximum atomic E-state index is 13.1. The Labute approximate surface area is 176 Å². The van der Waals surface area contributed by atoms with Crippen LogP contribution in [0.25, 0.3) is 6.08 Å². The smallest absolute Gasteiger partial charge is 0.237 e. The average molecular weight is 396 g/mol. The van der Waals surface area contributed by atoms with Gasteiger partial charge in [-0.3, -0.25) is 14.6 Å². The molecule has 1 amide bonds. The van der Waals surface area contributed by atoms with Crippen molar-refractivity contribution < 1.29 is 4.79 Å². The van der Waals surface area contributed by atoms with Crippen molar-refractivity contribution in [2.24, 2.45) is 10.8 Å². The first-order chi connectivity index (χ1) is 13.8. The van der Waals surface area contributed by atoms with Gasteiger partial charge in [-0.05, 0) is 35.7 Å². The monoisotopic (exact) mass is 395 g/mol. The van der Waals surface area contributed by atoms with E-state index in [2.05, 4.69) is 71.9 Å². The number of hydrogen-bond acceptors (Lipinski definition) is 3. The lowest BCUT2D eigenvalue weighted by Gasteiger charge is -2.39. The van der Waals surface area contributed by atoms with Gasteiger partial charge in [-0.2, -0.15) is 0 Å². The number of piperazine rings is 1. The molecule has 0 aromatic heterocycles. The van der Waals surface area contributed by atoms with E-state index in [4.69, 9.17) is 0 Å². The van der Waals surface area contributed by atoms with E-state index in [1.165, 1.54) is 18.4 Å². The van der Waals surface area contributed by atoms with Gasteiger partial charge in [0.15, 0.2) is 0 Å². The number of amides is 1. The molecule has 2 heterocycles. The van der Waals surface area contributed by atoms with Crippen molar-refractivity contribution in [1.29, 1.82) is 0 Å². The topological polar surface area (TPSA) is 26.8 Å². The molecule has 1 aromatic rings. The second kappa shape index (κ2) is 8.23. The van der Waals surface area contributed by atoms with Crippen LogP contribution < -0.4 is 0 Å². The van der Waals surface area contributed by atoms with Gasteiger partial charge >= 0.3 is 0 Å². The minimum atomic E-state index is 0.325. The summed E-state index contributed by atoms with van der Waals surface area (Å²) in [6, 6.07) is 10.9. The third-order valence-corrected chi connectivity index (χ3v) is 7.03. The maximum Gasteiger partial charge on any atom is 0.237 e. The third kappa shape index (κ3) is 5.10. The Hall–Kier alpha value is -1.65. The summed E-state index contributed by atoms with van der Waals surface area (Å²) in [6.45, 7) is 13.7. The second-order valence-corrected chi connectivity index (χ2v) is 10.6. The first-order valence-electron chi connectivity index (χ1n) is 11.3. The summed E-state index contributed by atoms with van der Waals surface area (Å²) in [5, 5.41) is 0. The Morgan fingerprint density at radius 3 is 2.45 bits per heavy atom. The molecule has 0 spiro atoms. The van der Waals surface area contributed by atoms with Crippen molar-refractivity contribution in [3.63, 3.8) is 0 Å². The lowest BCUT2D eigenvalue weighted by atomic mass is 9.65. The number of likely N-dealkylation sites (tertiary alicyclic amines) is 1. The highest BCUT2D eigenvalue weighted by molar-refractivity contribution is 5.79. The molecule has 3 fully saturated rings. The Balaban J connectivity index is 1.23. The number of fused-ring (bicyclic) bond motifs is 2. The van der Waals surface area contributed by atoms with Crippen LogP contribution in [0.4, 0.5) is 0 Å². The molecule has 1 saturated carbocycles. The average Bonchev–Trinajstić information content (AvgIpc) is 2.93. The molecular formula is C25H37N3O. The molecular weight excluding hydrogens is 358 g/mol. The lowest BCUT2D eigenvalue weighted by molar-refractivity contribution is -0.134. The van der Waals surface area contributed by atoms with Crippen LogP contribution in [0, 0.1) is 10.8 Å². The third-order valence-electron chi connectivity index (χ3n) is 7.03. The van der Waals surface area contributed by atoms with Crippen molar-refractivity contribution in [2.75, 3.05) is 45.8 Å². The molecule has 4 nitrogen and oxygen atoms in total. The maximum absolute atomic E-state index is 13.1. The van der Waals surface area contributed by atoms with E-state index >= 15 is 0 Å². The molecule has 4 heteroatoms. The fourth-order valence-corrected chi connectivity index (χ4v) is 6.07. The van der Waals surface area contributed by atoms with E-state index < -0.39 is 0 Å². The molecule has 2 bridgehead atoms. The number of carbonyl (C=O) groups excluding carboxylic acids is 1. The second-order valence-electron chi connectivity index (χ2n) is 10.6. The van der Waals surface area contributed by atoms with Crippen LogP contribution in [0.2, 0.25) is 0 Å². The zero-order valence-corrected chi connectivity index (χ0v) is 18.4. The fourth-order valence-electron chi connectivity index (χ4n) is 6.07. The zero-order chi connectivity index (χ0) is 20.5. The van der Waals surface area contributed by atoms with Gasteiger partial charge in [-0.25, -0.2) is 0 Å². The molecule has 2 unspecified atom stereocenters. The zero-order valence-electron chi connectivity index (χ0n) is 18.4. The molecule has 2 atom stereocenters. The number of hydrogen-bond donors (Lipinski definition) is 0. The first kappa shape index (κ1) is 20.6. The van der Waals surface area contributed by atoms with E-state index in [9.17, 15) is 4.79 Å². The van der Waals surface area contributed by atoms with Crippen molar-refractivity contribution in [1.82, 2.24) is 14.7 Å². The quantitative estimate of drug-likeness (QED) is 0.760. The Morgan fingerprint density at radius 2 is 1.72 bits per heavy atom. The minimum absolute atomic E-state index is 0.325. The Kier molecular flexibility index (Phi) is 5.85. The highest BCUT2D eigenvalue weighted by Crippen LogP contribution is 2.52. The van der Waals surface area contributed by atoms with Gasteiger partial charge in [-0.1, -0.05) is 63.3 Å². The molecule has 1 aliphatic carbocycles. The van der Waals surface area contributed by atoms with E-state index in [0.29, 0.717) is 29.3 Å². The summed E-state index contributed by atoms with van der Waals surface area (Å²) in [5.74, 6) is 0.355. The van der Waals surface area contributed by atoms with Gasteiger partial charge < -0.3 is 4.90 Å². The molecule has 1 aromatic carbocycles. The molecule has 2 saturated heterocycles. The van der Waals surface area contributed by atoms with Crippen LogP contribution >= 0.6 is 0 Å². The van der Waals surface area contributed by atoms with Gasteiger partial charge in [0.2, 0.25) is 5.91 Å². The summed E-state index contributed by atoms with van der Waals surface area (Å²) in [6.07, 6.45) is 8.06. The summed E-state index contributed by atoms with van der Waals surface area (Å²) in [4.78, 5) is 20.1. The highest BCUT2D eigenvalue weighted by Gasteiger charge is 2.50. The Bertz CT molecular complexity index is 736. The van der Waals surface area contributed by atoms with E-state index in [0.717, 1.165) is 45.7 Å². The number of benzene rings is 1. The predicted octanol–water partition coefficient (Wildman–Crippen LogP) is 3.74. The fraction of sp³-hybridized carbons (Fsp3) is 0.640. The van der Waals surface area contributed by atoms with Crippen molar-refractivity contribution >= 4 is 12.0 Å². The van der Waals surface area contributed by atoms with Crippen LogP contribution in [-0.2, 0) is 4.79 Å². The summed E-state index contributed by atoms with van der Waals surface area (Å²) in [7, 11) is 0. The molecule has 0 N–H and O–H groups in total. The summed E-state index contributed by atoms with van der Waals surface area (Å²) >= 11 is 0. The molecule has 4 rings (SSSR count). The molecule has 29 heavy (non-hydrogen) atoms. The largest absolute Gasteiger partial charge is 0.338 e. The SMILES string of the molecule is CC1(C)CC2CC(C)(CN2C(=O)CN2CCN(CC=Cc3ccccc3)CC2)C1. The van der Waals surface area contributed by atoms with Crippen molar-refractivity contribution in [3.05, 3.63) is 42.0 Å². The van der Waals surface area contributed by atoms with E-state index in [1.54, 1.807) is 0 Å². The molecule has 2 aliphatic heterocycles. The van der Waals surface area contributed by atoms with Gasteiger partial charge in [0.1, 0.15) is 0 Å². The van der Waals surface area contributed by atoms with Crippen molar-refractivity contribution in [2.45, 2.75) is 46.1 Å². The molecule has 158 valence electrons. The number of rotatable bonds is 5. The van der Waals surface area contributed by atoms with Crippen molar-refractivity contribution in [3.8, 4) is 0 Å². The number of carbonyl (C=O) groups is 1. The predicted molar refractivity (Wildman–Crippen MR) is 120 cm³/mol.